The molecule has 2 heterocycles. The number of aryl methyl sites for hydroxylation is 2. The third-order valence-electron chi connectivity index (χ3n) is 4.19. The van der Waals surface area contributed by atoms with Crippen LogP contribution in [0.2, 0.25) is 0 Å². The van der Waals surface area contributed by atoms with Gasteiger partial charge in [-0.15, -0.1) is 0 Å². The van der Waals surface area contributed by atoms with Gasteiger partial charge in [-0.2, -0.15) is 5.10 Å². The maximum Gasteiger partial charge on any atom is 0.134 e. The maximum atomic E-state index is 5.94. The molecule has 0 spiro atoms. The van der Waals surface area contributed by atoms with Gasteiger partial charge in [0, 0.05) is 38.6 Å². The molecular weight excluding hydrogens is 288 g/mol. The van der Waals surface area contributed by atoms with E-state index >= 15 is 0 Å². The van der Waals surface area contributed by atoms with Crippen molar-refractivity contribution in [2.45, 2.75) is 26.4 Å². The van der Waals surface area contributed by atoms with Gasteiger partial charge in [0.1, 0.15) is 17.2 Å². The Morgan fingerprint density at radius 3 is 2.74 bits per heavy atom. The molecular formula is C18H24N4O. The standard InChI is InChI=1S/C18H24N4O/c1-12-15(18(21(3)4)22(5)20-12)11-19-13(2)17-10-14-8-6-7-9-16(14)23-17/h6-10,13,19H,11H2,1-5H3/t13-/m0/s1. The van der Waals surface area contributed by atoms with Crippen LogP contribution in [0.4, 0.5) is 5.82 Å². The predicted molar refractivity (Wildman–Crippen MR) is 93.7 cm³/mol. The van der Waals surface area contributed by atoms with Gasteiger partial charge in [-0.1, -0.05) is 18.2 Å². The Kier molecular flexibility index (Phi) is 4.13. The van der Waals surface area contributed by atoms with E-state index in [2.05, 4.69) is 41.3 Å². The number of anilines is 1. The van der Waals surface area contributed by atoms with Gasteiger partial charge >= 0.3 is 0 Å². The molecule has 0 aliphatic rings. The minimum Gasteiger partial charge on any atom is -0.459 e. The highest BCUT2D eigenvalue weighted by Crippen LogP contribution is 2.25. The average Bonchev–Trinajstić information content (AvgIpc) is 3.05. The normalized spacial score (nSPS) is 12.7. The van der Waals surface area contributed by atoms with Gasteiger partial charge < -0.3 is 14.6 Å². The second-order valence-corrected chi connectivity index (χ2v) is 6.19. The van der Waals surface area contributed by atoms with Crippen molar-refractivity contribution >= 4 is 16.8 Å². The number of nitrogens with one attached hydrogen (secondary N) is 1. The number of hydrogen-bond acceptors (Lipinski definition) is 4. The van der Waals surface area contributed by atoms with Crippen LogP contribution >= 0.6 is 0 Å². The van der Waals surface area contributed by atoms with E-state index in [9.17, 15) is 0 Å². The predicted octanol–water partition coefficient (Wildman–Crippen LogP) is 3.39. The van der Waals surface area contributed by atoms with Gasteiger partial charge in [0.25, 0.3) is 0 Å². The van der Waals surface area contributed by atoms with Crippen LogP contribution in [0.3, 0.4) is 0 Å². The van der Waals surface area contributed by atoms with Gasteiger partial charge in [0.05, 0.1) is 11.7 Å². The van der Waals surface area contributed by atoms with Gasteiger partial charge in [-0.05, 0) is 26.0 Å². The summed E-state index contributed by atoms with van der Waals surface area (Å²) in [7, 11) is 6.07. The molecule has 0 unspecified atom stereocenters. The molecule has 0 bridgehead atoms. The summed E-state index contributed by atoms with van der Waals surface area (Å²) >= 11 is 0. The lowest BCUT2D eigenvalue weighted by Crippen LogP contribution is -2.21. The highest BCUT2D eigenvalue weighted by molar-refractivity contribution is 5.77. The molecule has 2 aromatic heterocycles. The summed E-state index contributed by atoms with van der Waals surface area (Å²) in [6, 6.07) is 10.3. The molecule has 23 heavy (non-hydrogen) atoms. The van der Waals surface area contributed by atoms with Gasteiger partial charge in [-0.3, -0.25) is 4.68 Å². The molecule has 3 rings (SSSR count). The number of nitrogens with zero attached hydrogens (tertiary/aromatic N) is 3. The minimum absolute atomic E-state index is 0.136. The van der Waals surface area contributed by atoms with Crippen LogP contribution in [0.15, 0.2) is 34.7 Å². The first-order valence-electron chi connectivity index (χ1n) is 7.89. The molecule has 0 fully saturated rings. The molecule has 0 aliphatic heterocycles. The van der Waals surface area contributed by atoms with Crippen molar-refractivity contribution in [3.63, 3.8) is 0 Å². The van der Waals surface area contributed by atoms with E-state index in [-0.39, 0.29) is 6.04 Å². The third-order valence-corrected chi connectivity index (χ3v) is 4.19. The van der Waals surface area contributed by atoms with Crippen LogP contribution in [0.25, 0.3) is 11.0 Å². The molecule has 0 amide bonds. The van der Waals surface area contributed by atoms with E-state index in [4.69, 9.17) is 4.42 Å². The number of rotatable bonds is 5. The highest BCUT2D eigenvalue weighted by atomic mass is 16.3. The van der Waals surface area contributed by atoms with Crippen LogP contribution in [0.5, 0.6) is 0 Å². The Morgan fingerprint density at radius 1 is 1.30 bits per heavy atom. The second kappa shape index (κ2) is 6.08. The van der Waals surface area contributed by atoms with E-state index in [1.54, 1.807) is 0 Å². The fraction of sp³-hybridized carbons (Fsp3) is 0.389. The molecule has 0 saturated carbocycles. The smallest absolute Gasteiger partial charge is 0.134 e. The topological polar surface area (TPSA) is 46.2 Å². The molecule has 1 aromatic carbocycles. The highest BCUT2D eigenvalue weighted by Gasteiger charge is 2.17. The summed E-state index contributed by atoms with van der Waals surface area (Å²) in [5.41, 5.74) is 3.21. The number of para-hydroxylation sites is 1. The van der Waals surface area contributed by atoms with Crippen LogP contribution in [-0.2, 0) is 13.6 Å². The number of hydrogen-bond donors (Lipinski definition) is 1. The molecule has 1 atom stereocenters. The first kappa shape index (κ1) is 15.6. The molecule has 0 saturated heterocycles. The van der Waals surface area contributed by atoms with Gasteiger partial charge in [0.2, 0.25) is 0 Å². The van der Waals surface area contributed by atoms with Crippen molar-refractivity contribution in [2.75, 3.05) is 19.0 Å². The van der Waals surface area contributed by atoms with Gasteiger partial charge in [-0.25, -0.2) is 0 Å². The Morgan fingerprint density at radius 2 is 2.04 bits per heavy atom. The fourth-order valence-electron chi connectivity index (χ4n) is 3.03. The summed E-state index contributed by atoms with van der Waals surface area (Å²) in [4.78, 5) is 2.10. The lowest BCUT2D eigenvalue weighted by molar-refractivity contribution is 0.450. The summed E-state index contributed by atoms with van der Waals surface area (Å²) < 4.78 is 7.87. The van der Waals surface area contributed by atoms with Crippen molar-refractivity contribution < 1.29 is 4.42 Å². The zero-order chi connectivity index (χ0) is 16.6. The Labute approximate surface area is 136 Å². The average molecular weight is 312 g/mol. The summed E-state index contributed by atoms with van der Waals surface area (Å²) in [5.74, 6) is 2.09. The third kappa shape index (κ3) is 2.97. The van der Waals surface area contributed by atoms with Crippen molar-refractivity contribution in [1.29, 1.82) is 0 Å². The number of fused-ring (bicyclic) bond motifs is 1. The minimum atomic E-state index is 0.136. The van der Waals surface area contributed by atoms with Crippen LogP contribution < -0.4 is 10.2 Å². The maximum absolute atomic E-state index is 5.94. The zero-order valence-electron chi connectivity index (χ0n) is 14.4. The van der Waals surface area contributed by atoms with E-state index < -0.39 is 0 Å². The van der Waals surface area contributed by atoms with E-state index in [0.717, 1.165) is 34.8 Å². The quantitative estimate of drug-likeness (QED) is 0.784. The van der Waals surface area contributed by atoms with Crippen molar-refractivity contribution in [3.05, 3.63) is 47.3 Å². The first-order valence-corrected chi connectivity index (χ1v) is 7.89. The number of furan rings is 1. The van der Waals surface area contributed by atoms with E-state index in [0.29, 0.717) is 0 Å². The molecule has 1 N–H and O–H groups in total. The monoisotopic (exact) mass is 312 g/mol. The summed E-state index contributed by atoms with van der Waals surface area (Å²) in [6.07, 6.45) is 0. The van der Waals surface area contributed by atoms with Crippen LogP contribution in [0, 0.1) is 6.92 Å². The zero-order valence-corrected chi connectivity index (χ0v) is 14.4. The molecule has 3 aromatic rings. The van der Waals surface area contributed by atoms with E-state index in [1.165, 1.54) is 5.56 Å². The summed E-state index contributed by atoms with van der Waals surface area (Å²) in [6.45, 7) is 4.93. The Bertz CT molecular complexity index is 783. The van der Waals surface area contributed by atoms with Gasteiger partial charge in [0.15, 0.2) is 0 Å². The lowest BCUT2D eigenvalue weighted by atomic mass is 10.2. The molecule has 5 nitrogen and oxygen atoms in total. The summed E-state index contributed by atoms with van der Waals surface area (Å²) in [5, 5.41) is 9.22. The Hall–Kier alpha value is -2.27. The number of benzene rings is 1. The first-order chi connectivity index (χ1) is 11.0. The number of aromatic nitrogens is 2. The SMILES string of the molecule is Cc1nn(C)c(N(C)C)c1CN[C@@H](C)c1cc2ccccc2o1. The molecule has 0 aliphatic carbocycles. The fourth-order valence-corrected chi connectivity index (χ4v) is 3.03. The van der Waals surface area contributed by atoms with Crippen LogP contribution in [-0.4, -0.2) is 23.9 Å². The van der Waals surface area contributed by atoms with Crippen molar-refractivity contribution in [1.82, 2.24) is 15.1 Å². The van der Waals surface area contributed by atoms with Crippen molar-refractivity contribution in [3.8, 4) is 0 Å². The largest absolute Gasteiger partial charge is 0.459 e. The van der Waals surface area contributed by atoms with Crippen LogP contribution in [0.1, 0.15) is 30.0 Å². The molecule has 122 valence electrons. The van der Waals surface area contributed by atoms with E-state index in [1.807, 2.05) is 44.0 Å². The molecule has 0 radical (unpaired) electrons. The lowest BCUT2D eigenvalue weighted by Gasteiger charge is -2.17. The molecule has 5 heteroatoms. The Balaban J connectivity index is 1.78. The second-order valence-electron chi connectivity index (χ2n) is 6.19. The van der Waals surface area contributed by atoms with Crippen molar-refractivity contribution in [2.24, 2.45) is 7.05 Å².